The molecule has 0 aromatic carbocycles. The van der Waals surface area contributed by atoms with Gasteiger partial charge < -0.3 is 5.11 Å². The van der Waals surface area contributed by atoms with Crippen molar-refractivity contribution >= 4 is 40.9 Å². The lowest BCUT2D eigenvalue weighted by molar-refractivity contribution is -0.117. The van der Waals surface area contributed by atoms with Crippen LogP contribution >= 0.6 is 23.2 Å². The van der Waals surface area contributed by atoms with Crippen molar-refractivity contribution in [3.8, 4) is 0 Å². The number of carbonyl (C=O) groups excluding carboxylic acids is 1. The molecule has 1 saturated heterocycles. The molecule has 0 radical (unpaired) electrons. The van der Waals surface area contributed by atoms with Crippen LogP contribution in [0, 0.1) is 0 Å². The summed E-state index contributed by atoms with van der Waals surface area (Å²) < 4.78 is 0. The van der Waals surface area contributed by atoms with E-state index in [0.29, 0.717) is 6.54 Å². The summed E-state index contributed by atoms with van der Waals surface area (Å²) in [5.41, 5.74) is -0.00850. The van der Waals surface area contributed by atoms with Crippen LogP contribution in [-0.2, 0) is 4.79 Å². The molecular formula is C10H8Cl2N2O3. The van der Waals surface area contributed by atoms with Crippen LogP contribution in [-0.4, -0.2) is 33.9 Å². The molecule has 0 aliphatic carbocycles. The highest BCUT2D eigenvalue weighted by molar-refractivity contribution is 6.30. The molecule has 0 bridgehead atoms. The van der Waals surface area contributed by atoms with Crippen molar-refractivity contribution in [1.82, 2.24) is 4.98 Å². The first-order valence-corrected chi connectivity index (χ1v) is 5.64. The van der Waals surface area contributed by atoms with Gasteiger partial charge in [0.1, 0.15) is 11.0 Å². The number of hydrogen-bond donors (Lipinski definition) is 1. The molecule has 1 atom stereocenters. The highest BCUT2D eigenvalue weighted by Gasteiger charge is 2.30. The van der Waals surface area contributed by atoms with Gasteiger partial charge in [-0.1, -0.05) is 11.6 Å². The van der Waals surface area contributed by atoms with Crippen molar-refractivity contribution in [2.45, 2.75) is 11.8 Å². The first kappa shape index (κ1) is 12.1. The van der Waals surface area contributed by atoms with Gasteiger partial charge >= 0.3 is 5.97 Å². The largest absolute Gasteiger partial charge is 0.478 e. The van der Waals surface area contributed by atoms with Gasteiger partial charge in [-0.2, -0.15) is 0 Å². The number of carboxylic acid groups (broad SMARTS) is 1. The summed E-state index contributed by atoms with van der Waals surface area (Å²) in [6.45, 7) is 0.312. The van der Waals surface area contributed by atoms with Gasteiger partial charge in [-0.15, -0.1) is 11.6 Å². The molecule has 5 nitrogen and oxygen atoms in total. The van der Waals surface area contributed by atoms with E-state index in [1.54, 1.807) is 0 Å². The number of rotatable bonds is 2. The number of amides is 1. The first-order valence-electron chi connectivity index (χ1n) is 4.82. The monoisotopic (exact) mass is 274 g/mol. The molecule has 2 rings (SSSR count). The Balaban J connectivity index is 2.39. The second-order valence-electron chi connectivity index (χ2n) is 3.65. The summed E-state index contributed by atoms with van der Waals surface area (Å²) in [4.78, 5) is 27.7. The molecule has 1 fully saturated rings. The van der Waals surface area contributed by atoms with Crippen molar-refractivity contribution in [2.24, 2.45) is 0 Å². The molecule has 17 heavy (non-hydrogen) atoms. The Morgan fingerprint density at radius 1 is 1.53 bits per heavy atom. The van der Waals surface area contributed by atoms with E-state index in [-0.39, 0.29) is 34.2 Å². The van der Waals surface area contributed by atoms with Gasteiger partial charge in [0.15, 0.2) is 0 Å². The smallest absolute Gasteiger partial charge is 0.335 e. The van der Waals surface area contributed by atoms with E-state index in [1.807, 2.05) is 0 Å². The fourth-order valence-electron chi connectivity index (χ4n) is 1.63. The number of aromatic carboxylic acids is 1. The third-order valence-electron chi connectivity index (χ3n) is 2.38. The predicted molar refractivity (Wildman–Crippen MR) is 62.8 cm³/mol. The Morgan fingerprint density at radius 2 is 2.24 bits per heavy atom. The second-order valence-corrected chi connectivity index (χ2v) is 4.65. The molecule has 1 N–H and O–H groups in total. The number of halogens is 2. The van der Waals surface area contributed by atoms with Crippen molar-refractivity contribution < 1.29 is 14.7 Å². The van der Waals surface area contributed by atoms with Gasteiger partial charge in [0.25, 0.3) is 0 Å². The molecule has 1 aromatic heterocycles. The molecule has 90 valence electrons. The minimum absolute atomic E-state index is 0.00850. The second kappa shape index (κ2) is 4.50. The molecule has 0 saturated carbocycles. The molecule has 1 aliphatic rings. The van der Waals surface area contributed by atoms with Crippen LogP contribution in [0.3, 0.4) is 0 Å². The number of aromatic nitrogens is 1. The zero-order valence-electron chi connectivity index (χ0n) is 8.56. The fraction of sp³-hybridized carbons (Fsp3) is 0.300. The SMILES string of the molecule is O=C(O)c1cc(Cl)nc(N2CC(Cl)CC2=O)c1. The minimum Gasteiger partial charge on any atom is -0.478 e. The van der Waals surface area contributed by atoms with Crippen molar-refractivity contribution in [3.63, 3.8) is 0 Å². The average molecular weight is 275 g/mol. The summed E-state index contributed by atoms with van der Waals surface area (Å²) in [6, 6.07) is 2.53. The highest BCUT2D eigenvalue weighted by Crippen LogP contribution is 2.25. The number of hydrogen-bond acceptors (Lipinski definition) is 3. The van der Waals surface area contributed by atoms with E-state index in [4.69, 9.17) is 28.3 Å². The number of carbonyl (C=O) groups is 2. The maximum absolute atomic E-state index is 11.6. The van der Waals surface area contributed by atoms with Gasteiger partial charge in [-0.05, 0) is 12.1 Å². The van der Waals surface area contributed by atoms with E-state index < -0.39 is 5.97 Å². The molecule has 1 aromatic rings. The Bertz CT molecular complexity index is 492. The number of alkyl halides is 1. The van der Waals surface area contributed by atoms with Crippen LogP contribution in [0.2, 0.25) is 5.15 Å². The quantitative estimate of drug-likeness (QED) is 0.659. The van der Waals surface area contributed by atoms with Crippen LogP contribution < -0.4 is 4.90 Å². The number of anilines is 1. The predicted octanol–water partition coefficient (Wildman–Crippen LogP) is 1.78. The van der Waals surface area contributed by atoms with Gasteiger partial charge in [0.05, 0.1) is 10.9 Å². The van der Waals surface area contributed by atoms with Crippen LogP contribution in [0.25, 0.3) is 0 Å². The molecule has 0 spiro atoms. The van der Waals surface area contributed by atoms with E-state index in [1.165, 1.54) is 17.0 Å². The number of carboxylic acids is 1. The molecule has 1 amide bonds. The topological polar surface area (TPSA) is 70.5 Å². The summed E-state index contributed by atoms with van der Waals surface area (Å²) in [5, 5.41) is 8.63. The highest BCUT2D eigenvalue weighted by atomic mass is 35.5. The van der Waals surface area contributed by atoms with E-state index >= 15 is 0 Å². The van der Waals surface area contributed by atoms with E-state index in [0.717, 1.165) is 0 Å². The van der Waals surface area contributed by atoms with Crippen LogP contribution in [0.1, 0.15) is 16.8 Å². The lowest BCUT2D eigenvalue weighted by Crippen LogP contribution is -2.26. The number of pyridine rings is 1. The third kappa shape index (κ3) is 2.50. The first-order chi connectivity index (χ1) is 7.97. The Hall–Kier alpha value is -1.33. The lowest BCUT2D eigenvalue weighted by Gasteiger charge is -2.15. The van der Waals surface area contributed by atoms with Gasteiger partial charge in [0, 0.05) is 13.0 Å². The minimum atomic E-state index is -1.12. The standard InChI is InChI=1S/C10H8Cl2N2O3/c11-6-3-9(15)14(4-6)8-2-5(10(16)17)1-7(12)13-8/h1-2,6H,3-4H2,(H,16,17). The van der Waals surface area contributed by atoms with E-state index in [9.17, 15) is 9.59 Å². The molecule has 1 unspecified atom stereocenters. The Morgan fingerprint density at radius 3 is 2.76 bits per heavy atom. The molecule has 1 aliphatic heterocycles. The average Bonchev–Trinajstić information content (AvgIpc) is 2.57. The third-order valence-corrected chi connectivity index (χ3v) is 2.87. The van der Waals surface area contributed by atoms with Crippen LogP contribution in [0.5, 0.6) is 0 Å². The molecular weight excluding hydrogens is 267 g/mol. The number of nitrogens with zero attached hydrogens (tertiary/aromatic N) is 2. The fourth-order valence-corrected chi connectivity index (χ4v) is 2.10. The summed E-state index contributed by atoms with van der Waals surface area (Å²) in [7, 11) is 0. The van der Waals surface area contributed by atoms with Crippen molar-refractivity contribution in [2.75, 3.05) is 11.4 Å². The van der Waals surface area contributed by atoms with Gasteiger partial charge in [-0.25, -0.2) is 9.78 Å². The molecule has 2 heterocycles. The van der Waals surface area contributed by atoms with Crippen LogP contribution in [0.4, 0.5) is 5.82 Å². The van der Waals surface area contributed by atoms with Crippen molar-refractivity contribution in [3.05, 3.63) is 22.8 Å². The molecule has 7 heteroatoms. The van der Waals surface area contributed by atoms with Crippen molar-refractivity contribution in [1.29, 1.82) is 0 Å². The zero-order valence-corrected chi connectivity index (χ0v) is 10.1. The maximum Gasteiger partial charge on any atom is 0.335 e. The summed E-state index contributed by atoms with van der Waals surface area (Å²) in [5.74, 6) is -1.08. The maximum atomic E-state index is 11.6. The van der Waals surface area contributed by atoms with Gasteiger partial charge in [0.2, 0.25) is 5.91 Å². The Labute approximate surface area is 107 Å². The van der Waals surface area contributed by atoms with E-state index in [2.05, 4.69) is 4.98 Å². The zero-order chi connectivity index (χ0) is 12.6. The van der Waals surface area contributed by atoms with Crippen LogP contribution in [0.15, 0.2) is 12.1 Å². The summed E-state index contributed by atoms with van der Waals surface area (Å²) in [6.07, 6.45) is 0.220. The Kier molecular flexibility index (Phi) is 3.22. The van der Waals surface area contributed by atoms with Gasteiger partial charge in [-0.3, -0.25) is 9.69 Å². The summed E-state index contributed by atoms with van der Waals surface area (Å²) >= 11 is 11.6. The lowest BCUT2D eigenvalue weighted by atomic mass is 10.2. The normalized spacial score (nSPS) is 19.8.